The van der Waals surface area contributed by atoms with Gasteiger partial charge in [0, 0.05) is 45.4 Å². The second kappa shape index (κ2) is 13.8. The van der Waals surface area contributed by atoms with E-state index in [1.807, 2.05) is 0 Å². The van der Waals surface area contributed by atoms with Crippen molar-refractivity contribution in [1.82, 2.24) is 4.57 Å². The normalized spacial score (nSPS) is 11.5. The van der Waals surface area contributed by atoms with Crippen LogP contribution in [0.25, 0.3) is 76.7 Å². The average Bonchev–Trinajstić information content (AvgIpc) is 3.56. The number of para-hydroxylation sites is 2. The molecule has 10 rings (SSSR count). The summed E-state index contributed by atoms with van der Waals surface area (Å²) < 4.78 is 2.47. The van der Waals surface area contributed by atoms with E-state index in [2.05, 4.69) is 217 Å². The highest BCUT2D eigenvalue weighted by Crippen LogP contribution is 2.45. The molecule has 1 aromatic heterocycles. The molecule has 0 saturated carbocycles. The Balaban J connectivity index is 1.12. The summed E-state index contributed by atoms with van der Waals surface area (Å²) in [5.74, 6) is 0. The lowest BCUT2D eigenvalue weighted by molar-refractivity contribution is 0.724. The van der Waals surface area contributed by atoms with Crippen molar-refractivity contribution < 1.29 is 0 Å². The summed E-state index contributed by atoms with van der Waals surface area (Å²) in [4.78, 5) is 2.38. The maximum atomic E-state index is 2.47. The summed E-state index contributed by atoms with van der Waals surface area (Å²) in [5.41, 5.74) is 13.4. The highest BCUT2D eigenvalue weighted by Gasteiger charge is 2.19. The molecule has 0 unspecified atom stereocenters. The van der Waals surface area contributed by atoms with E-state index in [-0.39, 0.29) is 0 Å². The third-order valence-electron chi connectivity index (χ3n) is 11.1. The standard InChI is InChI=1S/C53H40N2/c1-2-34-54-50-25-15-14-22-44(50)48-36-43(31-33-51(48)54)55(41-20-10-5-11-21-41)42-29-26-37(27-30-42)40-28-32-47-49(35-40)53(39-18-8-4-9-19-39)46-24-13-12-23-45(46)52(47)38-16-6-3-7-17-38/h3-33,35-36H,2,34H2,1H3. The third kappa shape index (κ3) is 5.66. The van der Waals surface area contributed by atoms with E-state index in [0.29, 0.717) is 0 Å². The first-order valence-corrected chi connectivity index (χ1v) is 19.3. The number of rotatable bonds is 8. The second-order valence-corrected chi connectivity index (χ2v) is 14.4. The molecule has 0 atom stereocenters. The maximum Gasteiger partial charge on any atom is 0.0492 e. The minimum atomic E-state index is 0.999. The van der Waals surface area contributed by atoms with Crippen LogP contribution in [0.15, 0.2) is 200 Å². The summed E-state index contributed by atoms with van der Waals surface area (Å²) >= 11 is 0. The van der Waals surface area contributed by atoms with Gasteiger partial charge in [0.2, 0.25) is 0 Å². The Hall–Kier alpha value is -6.90. The number of nitrogens with zero attached hydrogens (tertiary/aromatic N) is 2. The second-order valence-electron chi connectivity index (χ2n) is 14.4. The number of aryl methyl sites for hydroxylation is 1. The van der Waals surface area contributed by atoms with Gasteiger partial charge in [-0.2, -0.15) is 0 Å². The van der Waals surface area contributed by atoms with E-state index >= 15 is 0 Å². The molecule has 0 saturated heterocycles. The van der Waals surface area contributed by atoms with Crippen molar-refractivity contribution in [1.29, 1.82) is 0 Å². The smallest absolute Gasteiger partial charge is 0.0492 e. The number of anilines is 3. The summed E-state index contributed by atoms with van der Waals surface area (Å²) in [6.07, 6.45) is 1.09. The molecular weight excluding hydrogens is 665 g/mol. The Bertz CT molecular complexity index is 2960. The van der Waals surface area contributed by atoms with Crippen LogP contribution in [0.2, 0.25) is 0 Å². The van der Waals surface area contributed by atoms with Crippen LogP contribution in [0, 0.1) is 0 Å². The SMILES string of the molecule is CCCn1c2ccccc2c2cc(N(c3ccccc3)c3ccc(-c4ccc5c(-c6ccccc6)c6ccccc6c(-c6ccccc6)c5c4)cc3)ccc21. The monoisotopic (exact) mass is 704 g/mol. The van der Waals surface area contributed by atoms with Crippen molar-refractivity contribution in [3.63, 3.8) is 0 Å². The maximum absolute atomic E-state index is 2.47. The van der Waals surface area contributed by atoms with Crippen LogP contribution in [0.4, 0.5) is 17.1 Å². The number of benzene rings is 9. The largest absolute Gasteiger partial charge is 0.340 e. The van der Waals surface area contributed by atoms with Crippen LogP contribution < -0.4 is 4.90 Å². The van der Waals surface area contributed by atoms with Gasteiger partial charge in [-0.1, -0.05) is 153 Å². The van der Waals surface area contributed by atoms with E-state index in [0.717, 1.165) is 30.0 Å². The predicted molar refractivity (Wildman–Crippen MR) is 236 cm³/mol. The van der Waals surface area contributed by atoms with Gasteiger partial charge in [0.25, 0.3) is 0 Å². The van der Waals surface area contributed by atoms with Gasteiger partial charge in [-0.05, 0) is 116 Å². The fraction of sp³-hybridized carbons (Fsp3) is 0.0566. The summed E-state index contributed by atoms with van der Waals surface area (Å²) in [7, 11) is 0. The molecule has 0 fully saturated rings. The fourth-order valence-electron chi connectivity index (χ4n) is 8.66. The molecule has 9 aromatic carbocycles. The van der Waals surface area contributed by atoms with Crippen molar-refractivity contribution >= 4 is 60.4 Å². The molecule has 2 nitrogen and oxygen atoms in total. The molecule has 1 heterocycles. The highest BCUT2D eigenvalue weighted by atomic mass is 15.1. The zero-order valence-electron chi connectivity index (χ0n) is 30.9. The molecule has 0 radical (unpaired) electrons. The molecule has 0 aliphatic carbocycles. The van der Waals surface area contributed by atoms with Crippen molar-refractivity contribution in [2.24, 2.45) is 0 Å². The van der Waals surface area contributed by atoms with Crippen molar-refractivity contribution in [2.45, 2.75) is 19.9 Å². The Labute approximate surface area is 322 Å². The van der Waals surface area contributed by atoms with E-state index in [9.17, 15) is 0 Å². The number of aromatic nitrogens is 1. The van der Waals surface area contributed by atoms with Gasteiger partial charge in [-0.15, -0.1) is 0 Å². The molecule has 0 N–H and O–H groups in total. The zero-order chi connectivity index (χ0) is 36.7. The van der Waals surface area contributed by atoms with Crippen molar-refractivity contribution in [3.05, 3.63) is 200 Å². The quantitative estimate of drug-likeness (QED) is 0.143. The zero-order valence-corrected chi connectivity index (χ0v) is 30.9. The predicted octanol–water partition coefficient (Wildman–Crippen LogP) is 15.0. The third-order valence-corrected chi connectivity index (χ3v) is 11.1. The van der Waals surface area contributed by atoms with E-state index in [1.165, 1.54) is 76.7 Å². The minimum Gasteiger partial charge on any atom is -0.340 e. The minimum absolute atomic E-state index is 0.999. The lowest BCUT2D eigenvalue weighted by Crippen LogP contribution is -2.09. The first-order valence-electron chi connectivity index (χ1n) is 19.3. The molecule has 0 bridgehead atoms. The van der Waals surface area contributed by atoms with Crippen molar-refractivity contribution in [2.75, 3.05) is 4.90 Å². The Morgan fingerprint density at radius 2 is 0.836 bits per heavy atom. The van der Waals surface area contributed by atoms with Gasteiger partial charge >= 0.3 is 0 Å². The van der Waals surface area contributed by atoms with Crippen molar-refractivity contribution in [3.8, 4) is 33.4 Å². The molecule has 0 aliphatic rings. The Morgan fingerprint density at radius 1 is 0.345 bits per heavy atom. The summed E-state index contributed by atoms with van der Waals surface area (Å²) in [6, 6.07) is 73.2. The van der Waals surface area contributed by atoms with Gasteiger partial charge in [0.05, 0.1) is 0 Å². The average molecular weight is 705 g/mol. The fourth-order valence-corrected chi connectivity index (χ4v) is 8.66. The number of fused-ring (bicyclic) bond motifs is 5. The van der Waals surface area contributed by atoms with Crippen LogP contribution >= 0.6 is 0 Å². The van der Waals surface area contributed by atoms with Crippen LogP contribution in [0.1, 0.15) is 13.3 Å². The van der Waals surface area contributed by atoms with Gasteiger partial charge in [-0.25, -0.2) is 0 Å². The van der Waals surface area contributed by atoms with E-state index < -0.39 is 0 Å². The Morgan fingerprint density at radius 3 is 1.49 bits per heavy atom. The molecule has 0 amide bonds. The van der Waals surface area contributed by atoms with Crippen LogP contribution in [-0.2, 0) is 6.54 Å². The lowest BCUT2D eigenvalue weighted by atomic mass is 9.85. The first kappa shape index (κ1) is 32.7. The molecule has 2 heteroatoms. The van der Waals surface area contributed by atoms with Crippen LogP contribution in [-0.4, -0.2) is 4.57 Å². The topological polar surface area (TPSA) is 8.17 Å². The van der Waals surface area contributed by atoms with E-state index in [1.54, 1.807) is 0 Å². The van der Waals surface area contributed by atoms with Gasteiger partial charge in [0.15, 0.2) is 0 Å². The van der Waals surface area contributed by atoms with Crippen LogP contribution in [0.3, 0.4) is 0 Å². The molecule has 55 heavy (non-hydrogen) atoms. The van der Waals surface area contributed by atoms with Gasteiger partial charge in [0.1, 0.15) is 0 Å². The Kier molecular flexibility index (Phi) is 8.22. The molecular formula is C53H40N2. The molecule has 0 aliphatic heterocycles. The molecule has 10 aromatic rings. The molecule has 0 spiro atoms. The summed E-state index contributed by atoms with van der Waals surface area (Å²) in [6.45, 7) is 3.25. The summed E-state index contributed by atoms with van der Waals surface area (Å²) in [5, 5.41) is 7.63. The highest BCUT2D eigenvalue weighted by molar-refractivity contribution is 6.22. The van der Waals surface area contributed by atoms with Crippen LogP contribution in [0.5, 0.6) is 0 Å². The van der Waals surface area contributed by atoms with Gasteiger partial charge in [-0.3, -0.25) is 0 Å². The first-order chi connectivity index (χ1) is 27.3. The number of hydrogen-bond acceptors (Lipinski definition) is 1. The van der Waals surface area contributed by atoms with E-state index in [4.69, 9.17) is 0 Å². The lowest BCUT2D eigenvalue weighted by Gasteiger charge is -2.26. The van der Waals surface area contributed by atoms with Gasteiger partial charge < -0.3 is 9.47 Å². The number of hydrogen-bond donors (Lipinski definition) is 0. The molecule has 262 valence electrons.